The number of nitrogens with zero attached hydrogens (tertiary/aromatic N) is 2. The minimum atomic E-state index is -4.78. The minimum Gasteiger partial charge on any atom is -0.489 e. The van der Waals surface area contributed by atoms with Crippen LogP contribution in [0.4, 0.5) is 23.4 Å². The molecule has 34 heavy (non-hydrogen) atoms. The first-order chi connectivity index (χ1) is 16.2. The summed E-state index contributed by atoms with van der Waals surface area (Å²) in [7, 11) is 0. The van der Waals surface area contributed by atoms with Gasteiger partial charge in [-0.1, -0.05) is 12.1 Å². The molecule has 10 heteroatoms. The maximum absolute atomic E-state index is 14.7. The fourth-order valence-electron chi connectivity index (χ4n) is 4.42. The summed E-state index contributed by atoms with van der Waals surface area (Å²) in [5, 5.41) is 3.72. The highest BCUT2D eigenvalue weighted by atomic mass is 19.4. The van der Waals surface area contributed by atoms with Gasteiger partial charge < -0.3 is 19.5 Å². The molecule has 3 heterocycles. The van der Waals surface area contributed by atoms with Crippen molar-refractivity contribution in [3.63, 3.8) is 0 Å². The average molecular weight is 477 g/mol. The van der Waals surface area contributed by atoms with E-state index in [1.165, 1.54) is 12.1 Å². The number of ether oxygens (including phenoxy) is 3. The Kier molecular flexibility index (Phi) is 5.71. The zero-order valence-electron chi connectivity index (χ0n) is 18.6. The second-order valence-corrected chi connectivity index (χ2v) is 8.47. The first-order valence-electron chi connectivity index (χ1n) is 11.1. The smallest absolute Gasteiger partial charge is 0.419 e. The van der Waals surface area contributed by atoms with Gasteiger partial charge >= 0.3 is 6.18 Å². The van der Waals surface area contributed by atoms with Gasteiger partial charge in [-0.2, -0.15) is 13.2 Å². The molecule has 1 saturated heterocycles. The summed E-state index contributed by atoms with van der Waals surface area (Å²) in [5.74, 6) is 0.738. The highest BCUT2D eigenvalue weighted by Gasteiger charge is 2.35. The van der Waals surface area contributed by atoms with Gasteiger partial charge in [-0.3, -0.25) is 0 Å². The number of hydrogen-bond acceptors (Lipinski definition) is 6. The van der Waals surface area contributed by atoms with Crippen LogP contribution < -0.4 is 14.8 Å². The number of hydrogen-bond donors (Lipinski definition) is 1. The first-order valence-corrected chi connectivity index (χ1v) is 11.1. The Morgan fingerprint density at radius 1 is 1.21 bits per heavy atom. The van der Waals surface area contributed by atoms with E-state index in [9.17, 15) is 17.6 Å². The Morgan fingerprint density at radius 2 is 2.03 bits per heavy atom. The molecule has 0 saturated carbocycles. The third-order valence-corrected chi connectivity index (χ3v) is 6.05. The highest BCUT2D eigenvalue weighted by Crippen LogP contribution is 2.43. The maximum Gasteiger partial charge on any atom is 0.419 e. The number of alkyl halides is 3. The molecule has 1 unspecified atom stereocenters. The van der Waals surface area contributed by atoms with Gasteiger partial charge in [0.2, 0.25) is 0 Å². The summed E-state index contributed by atoms with van der Waals surface area (Å²) < 4.78 is 71.7. The zero-order valence-corrected chi connectivity index (χ0v) is 18.6. The summed E-state index contributed by atoms with van der Waals surface area (Å²) >= 11 is 0. The molecule has 5 rings (SSSR count). The predicted octanol–water partition coefficient (Wildman–Crippen LogP) is 5.37. The molecule has 2 aliphatic rings. The van der Waals surface area contributed by atoms with E-state index in [1.54, 1.807) is 19.9 Å². The molecule has 1 fully saturated rings. The summed E-state index contributed by atoms with van der Waals surface area (Å²) in [4.78, 5) is 9.07. The van der Waals surface area contributed by atoms with E-state index in [2.05, 4.69) is 15.3 Å². The van der Waals surface area contributed by atoms with E-state index < -0.39 is 23.6 Å². The van der Waals surface area contributed by atoms with Gasteiger partial charge in [0.15, 0.2) is 11.5 Å². The number of anilines is 1. The fourth-order valence-corrected chi connectivity index (χ4v) is 4.42. The molecule has 0 amide bonds. The molecule has 6 nitrogen and oxygen atoms in total. The van der Waals surface area contributed by atoms with Crippen molar-refractivity contribution in [1.82, 2.24) is 9.97 Å². The lowest BCUT2D eigenvalue weighted by atomic mass is 10.0. The van der Waals surface area contributed by atoms with E-state index >= 15 is 0 Å². The average Bonchev–Trinajstić information content (AvgIpc) is 3.46. The number of fused-ring (bicyclic) bond motifs is 3. The molecular weight excluding hydrogens is 454 g/mol. The zero-order chi connectivity index (χ0) is 24.0. The van der Waals surface area contributed by atoms with Crippen LogP contribution in [0.15, 0.2) is 24.3 Å². The first kappa shape index (κ1) is 22.6. The van der Waals surface area contributed by atoms with E-state index in [0.29, 0.717) is 60.3 Å². The Balaban J connectivity index is 1.56. The molecule has 2 atom stereocenters. The lowest BCUT2D eigenvalue weighted by Gasteiger charge is -2.21. The van der Waals surface area contributed by atoms with Crippen molar-refractivity contribution in [3.05, 3.63) is 52.6 Å². The van der Waals surface area contributed by atoms with Crippen LogP contribution in [0.25, 0.3) is 10.9 Å². The van der Waals surface area contributed by atoms with Gasteiger partial charge in [0.25, 0.3) is 0 Å². The van der Waals surface area contributed by atoms with Gasteiger partial charge in [-0.05, 0) is 26.0 Å². The van der Waals surface area contributed by atoms with Crippen LogP contribution in [0.5, 0.6) is 11.5 Å². The standard InChI is InChI=1S/C24H23F4N3O3/c1-12(15-4-3-5-18(20(15)25)24(26,27)28)29-23-17-10-19(34-14-6-8-32-11-14)22-16(7-9-33-22)21(17)30-13(2)31-23/h3-5,10,12,14H,6-9,11H2,1-2H3,(H,29,30,31)/t12-,14?/m1/s1. The molecule has 0 radical (unpaired) electrons. The van der Waals surface area contributed by atoms with Crippen LogP contribution in [0.2, 0.25) is 0 Å². The Bertz CT molecular complexity index is 1240. The number of benzene rings is 2. The normalized spacial score (nSPS) is 18.6. The van der Waals surface area contributed by atoms with Crippen molar-refractivity contribution in [2.75, 3.05) is 25.1 Å². The van der Waals surface area contributed by atoms with Crippen molar-refractivity contribution in [2.24, 2.45) is 0 Å². The summed E-state index contributed by atoms with van der Waals surface area (Å²) in [5.41, 5.74) is 0.155. The molecule has 0 spiro atoms. The van der Waals surface area contributed by atoms with Crippen molar-refractivity contribution < 1.29 is 31.8 Å². The van der Waals surface area contributed by atoms with E-state index in [-0.39, 0.29) is 11.7 Å². The largest absolute Gasteiger partial charge is 0.489 e. The van der Waals surface area contributed by atoms with Crippen molar-refractivity contribution >= 4 is 16.7 Å². The van der Waals surface area contributed by atoms with Crippen LogP contribution in [0, 0.1) is 12.7 Å². The third kappa shape index (κ3) is 4.11. The number of nitrogens with one attached hydrogen (secondary N) is 1. The molecule has 1 N–H and O–H groups in total. The second kappa shape index (κ2) is 8.57. The van der Waals surface area contributed by atoms with Gasteiger partial charge in [0.05, 0.1) is 36.9 Å². The molecule has 180 valence electrons. The summed E-state index contributed by atoms with van der Waals surface area (Å²) in [6.07, 6.45) is -3.49. The SMILES string of the molecule is Cc1nc(N[C@H](C)c2cccc(C(F)(F)F)c2F)c2cc(OC3CCOC3)c3c(c2n1)CCO3. The van der Waals surface area contributed by atoms with Crippen LogP contribution >= 0.6 is 0 Å². The molecule has 0 aliphatic carbocycles. The molecule has 3 aromatic rings. The van der Waals surface area contributed by atoms with Gasteiger partial charge in [-0.25, -0.2) is 14.4 Å². The summed E-state index contributed by atoms with van der Waals surface area (Å²) in [6.45, 7) is 4.91. The lowest BCUT2D eigenvalue weighted by molar-refractivity contribution is -0.140. The number of aryl methyl sites for hydroxylation is 1. The summed E-state index contributed by atoms with van der Waals surface area (Å²) in [6, 6.07) is 4.24. The molecular formula is C24H23F4N3O3. The number of aromatic nitrogens is 2. The monoisotopic (exact) mass is 477 g/mol. The maximum atomic E-state index is 14.7. The highest BCUT2D eigenvalue weighted by molar-refractivity contribution is 5.95. The van der Waals surface area contributed by atoms with E-state index in [1.807, 2.05) is 0 Å². The van der Waals surface area contributed by atoms with Gasteiger partial charge in [0.1, 0.15) is 23.6 Å². The third-order valence-electron chi connectivity index (χ3n) is 6.05. The Labute approximate surface area is 193 Å². The van der Waals surface area contributed by atoms with Crippen molar-refractivity contribution in [1.29, 1.82) is 0 Å². The minimum absolute atomic E-state index is 0.105. The quantitative estimate of drug-likeness (QED) is 0.499. The van der Waals surface area contributed by atoms with E-state index in [0.717, 1.165) is 18.1 Å². The van der Waals surface area contributed by atoms with Crippen LogP contribution in [-0.4, -0.2) is 35.9 Å². The molecule has 1 aromatic heterocycles. The van der Waals surface area contributed by atoms with Crippen LogP contribution in [0.1, 0.15) is 41.9 Å². The van der Waals surface area contributed by atoms with Crippen molar-refractivity contribution in [3.8, 4) is 11.5 Å². The number of rotatable bonds is 5. The Hall–Kier alpha value is -3.14. The van der Waals surface area contributed by atoms with Crippen molar-refractivity contribution in [2.45, 2.75) is 45.0 Å². The molecule has 2 aromatic carbocycles. The molecule has 0 bridgehead atoms. The fraction of sp³-hybridized carbons (Fsp3) is 0.417. The second-order valence-electron chi connectivity index (χ2n) is 8.47. The molecule has 2 aliphatic heterocycles. The van der Waals surface area contributed by atoms with E-state index in [4.69, 9.17) is 14.2 Å². The predicted molar refractivity (Wildman–Crippen MR) is 117 cm³/mol. The Morgan fingerprint density at radius 3 is 2.76 bits per heavy atom. The topological polar surface area (TPSA) is 65.5 Å². The van der Waals surface area contributed by atoms with Gasteiger partial charge in [-0.15, -0.1) is 0 Å². The number of halogens is 4. The van der Waals surface area contributed by atoms with Crippen LogP contribution in [-0.2, 0) is 17.3 Å². The van der Waals surface area contributed by atoms with Gasteiger partial charge in [0, 0.05) is 29.4 Å². The lowest BCUT2D eigenvalue weighted by Crippen LogP contribution is -2.17. The van der Waals surface area contributed by atoms with Crippen LogP contribution in [0.3, 0.4) is 0 Å².